The number of hydrogen-bond donors (Lipinski definition) is 0. The second-order valence-electron chi connectivity index (χ2n) is 6.83. The monoisotopic (exact) mass is 438 g/mol. The predicted octanol–water partition coefficient (Wildman–Crippen LogP) is 2.55. The van der Waals surface area contributed by atoms with Crippen LogP contribution in [0.3, 0.4) is 0 Å². The summed E-state index contributed by atoms with van der Waals surface area (Å²) in [6.07, 6.45) is 19.0. The van der Waals surface area contributed by atoms with Gasteiger partial charge in [-0.1, -0.05) is 48.6 Å². The zero-order chi connectivity index (χ0) is 20.4. The molecule has 3 aliphatic rings. The van der Waals surface area contributed by atoms with Crippen LogP contribution in [0.25, 0.3) is 0 Å². The number of ketones is 1. The Morgan fingerprint density at radius 3 is 2.07 bits per heavy atom. The summed E-state index contributed by atoms with van der Waals surface area (Å²) in [5.41, 5.74) is 1.44. The van der Waals surface area contributed by atoms with E-state index in [2.05, 4.69) is 4.74 Å². The van der Waals surface area contributed by atoms with Gasteiger partial charge in [0.1, 0.15) is 5.78 Å². The van der Waals surface area contributed by atoms with E-state index in [0.29, 0.717) is 31.3 Å². The third-order valence-electron chi connectivity index (χ3n) is 4.82. The van der Waals surface area contributed by atoms with Gasteiger partial charge in [0, 0.05) is 18.8 Å². The van der Waals surface area contributed by atoms with E-state index in [1.165, 1.54) is 7.11 Å². The van der Waals surface area contributed by atoms with E-state index in [-0.39, 0.29) is 46.3 Å². The molecule has 1 unspecified atom stereocenters. The molecule has 0 heterocycles. The molecule has 6 heteroatoms. The molecule has 156 valence electrons. The minimum Gasteiger partial charge on any atom is -0.875 e. The van der Waals surface area contributed by atoms with E-state index in [4.69, 9.17) is 0 Å². The second-order valence-corrected chi connectivity index (χ2v) is 6.83. The number of hydrogen-bond acceptors (Lipinski definition) is 5. The van der Waals surface area contributed by atoms with Crippen LogP contribution in [-0.2, 0) is 31.4 Å². The van der Waals surface area contributed by atoms with Gasteiger partial charge in [-0.15, -0.1) is 11.5 Å². The molecule has 5 nitrogen and oxygen atoms in total. The number of esters is 1. The van der Waals surface area contributed by atoms with Gasteiger partial charge in [0.05, 0.1) is 7.11 Å². The number of rotatable bonds is 6. The Hall–Kier alpha value is -2.30. The van der Waals surface area contributed by atoms with Crippen LogP contribution in [-0.4, -0.2) is 18.9 Å². The summed E-state index contributed by atoms with van der Waals surface area (Å²) in [5.74, 6) is -0.290. The van der Waals surface area contributed by atoms with Crippen LogP contribution in [0.15, 0.2) is 71.3 Å². The Labute approximate surface area is 182 Å². The smallest absolute Gasteiger partial charge is 0.875 e. The average molecular weight is 438 g/mol. The SMILES string of the molecule is COC(=O)CCCCC([O-])=C1C=CC=C1.O=C1CCCC1C([O-])=C1C=CC=C1.[Fe+2]. The maximum absolute atomic E-state index is 11.7. The van der Waals surface area contributed by atoms with Crippen molar-refractivity contribution in [3.63, 3.8) is 0 Å². The fourth-order valence-electron chi connectivity index (χ4n) is 3.19. The van der Waals surface area contributed by atoms with Gasteiger partial charge in [0.25, 0.3) is 0 Å². The Balaban J connectivity index is 0.000000282. The topological polar surface area (TPSA) is 89.5 Å². The van der Waals surface area contributed by atoms with Crippen molar-refractivity contribution in [2.24, 2.45) is 5.92 Å². The van der Waals surface area contributed by atoms with Gasteiger partial charge >= 0.3 is 23.0 Å². The summed E-state index contributed by atoms with van der Waals surface area (Å²) in [6, 6.07) is 0. The van der Waals surface area contributed by atoms with Gasteiger partial charge in [-0.2, -0.15) is 0 Å². The Bertz CT molecular complexity index is 740. The summed E-state index contributed by atoms with van der Waals surface area (Å²) >= 11 is 0. The molecular weight excluding hydrogens is 412 g/mol. The van der Waals surface area contributed by atoms with E-state index in [0.717, 1.165) is 24.8 Å². The summed E-state index contributed by atoms with van der Waals surface area (Å²) in [5, 5.41) is 23.2. The first-order valence-corrected chi connectivity index (χ1v) is 9.63. The van der Waals surface area contributed by atoms with Crippen molar-refractivity contribution in [2.75, 3.05) is 7.11 Å². The third kappa shape index (κ3) is 7.92. The van der Waals surface area contributed by atoms with Crippen LogP contribution < -0.4 is 10.2 Å². The number of carbonyl (C=O) groups is 2. The summed E-state index contributed by atoms with van der Waals surface area (Å²) in [6.45, 7) is 0. The zero-order valence-corrected chi connectivity index (χ0v) is 17.6. The normalized spacial score (nSPS) is 18.5. The van der Waals surface area contributed by atoms with Crippen molar-refractivity contribution in [1.82, 2.24) is 0 Å². The molecular formula is C23H26FeO5. The molecule has 0 saturated heterocycles. The summed E-state index contributed by atoms with van der Waals surface area (Å²) in [7, 11) is 1.37. The maximum Gasteiger partial charge on any atom is 2.00 e. The standard InChI is InChI=1S/C12H16O3.C11H12O2.Fe/c1-15-12(14)9-5-4-8-11(13)10-6-2-3-7-10;12-10-7-3-6-9(10)11(13)8-4-1-2-5-8;/h2-3,6-7,13H,4-5,8-9H2,1H3;1-2,4-5,9,13H,3,6-7H2;/q;;+2/p-2. The Morgan fingerprint density at radius 2 is 1.55 bits per heavy atom. The molecule has 0 N–H and O–H groups in total. The average Bonchev–Trinajstić information content (AvgIpc) is 3.47. The molecule has 0 spiro atoms. The number of methoxy groups -OCH3 is 1. The first-order chi connectivity index (χ1) is 13.5. The molecule has 3 rings (SSSR count). The van der Waals surface area contributed by atoms with Crippen molar-refractivity contribution < 1.29 is 41.6 Å². The molecule has 0 aromatic carbocycles. The Kier molecular flexibility index (Phi) is 11.1. The third-order valence-corrected chi connectivity index (χ3v) is 4.82. The van der Waals surface area contributed by atoms with Crippen LogP contribution in [0.2, 0.25) is 0 Å². The van der Waals surface area contributed by atoms with Crippen LogP contribution in [0.5, 0.6) is 0 Å². The van der Waals surface area contributed by atoms with Crippen molar-refractivity contribution in [3.05, 3.63) is 71.3 Å². The van der Waals surface area contributed by atoms with Crippen molar-refractivity contribution in [3.8, 4) is 0 Å². The maximum atomic E-state index is 11.7. The molecule has 0 aromatic heterocycles. The van der Waals surface area contributed by atoms with Crippen LogP contribution in [0, 0.1) is 5.92 Å². The van der Waals surface area contributed by atoms with Gasteiger partial charge in [-0.05, 0) is 43.3 Å². The second kappa shape index (κ2) is 13.0. The van der Waals surface area contributed by atoms with Crippen LogP contribution in [0.1, 0.15) is 44.9 Å². The molecule has 1 atom stereocenters. The first kappa shape index (κ1) is 24.7. The molecule has 3 aliphatic carbocycles. The van der Waals surface area contributed by atoms with E-state index < -0.39 is 0 Å². The number of ether oxygens (including phenoxy) is 1. The fraction of sp³-hybridized carbons (Fsp3) is 0.391. The number of Topliss-reactive ketones (excluding diaryl/α,β-unsaturated/α-hetero) is 1. The fourth-order valence-corrected chi connectivity index (χ4v) is 3.19. The van der Waals surface area contributed by atoms with Gasteiger partial charge in [-0.3, -0.25) is 9.59 Å². The minimum atomic E-state index is -0.345. The summed E-state index contributed by atoms with van der Waals surface area (Å²) in [4.78, 5) is 22.1. The van der Waals surface area contributed by atoms with E-state index in [1.54, 1.807) is 12.2 Å². The zero-order valence-electron chi connectivity index (χ0n) is 16.5. The van der Waals surface area contributed by atoms with Gasteiger partial charge < -0.3 is 14.9 Å². The largest absolute Gasteiger partial charge is 2.00 e. The van der Waals surface area contributed by atoms with Crippen molar-refractivity contribution >= 4 is 11.8 Å². The molecule has 0 aromatic rings. The molecule has 0 radical (unpaired) electrons. The van der Waals surface area contributed by atoms with Crippen LogP contribution >= 0.6 is 0 Å². The molecule has 0 amide bonds. The van der Waals surface area contributed by atoms with E-state index >= 15 is 0 Å². The van der Waals surface area contributed by atoms with Gasteiger partial charge in [0.15, 0.2) is 0 Å². The van der Waals surface area contributed by atoms with Crippen molar-refractivity contribution in [1.29, 1.82) is 0 Å². The molecule has 29 heavy (non-hydrogen) atoms. The first-order valence-electron chi connectivity index (χ1n) is 9.63. The number of carbonyl (C=O) groups excluding carboxylic acids is 2. The van der Waals surface area contributed by atoms with E-state index in [1.807, 2.05) is 36.5 Å². The molecule has 0 bridgehead atoms. The summed E-state index contributed by atoms with van der Waals surface area (Å²) < 4.78 is 4.51. The minimum absolute atomic E-state index is 0. The molecule has 1 saturated carbocycles. The molecule has 1 fully saturated rings. The number of allylic oxidation sites excluding steroid dienone is 12. The Morgan fingerprint density at radius 1 is 1.00 bits per heavy atom. The predicted molar refractivity (Wildman–Crippen MR) is 103 cm³/mol. The van der Waals surface area contributed by atoms with Crippen LogP contribution in [0.4, 0.5) is 0 Å². The number of unbranched alkanes of at least 4 members (excludes halogenated alkanes) is 1. The van der Waals surface area contributed by atoms with Crippen molar-refractivity contribution in [2.45, 2.75) is 44.9 Å². The quantitative estimate of drug-likeness (QED) is 0.275. The van der Waals surface area contributed by atoms with Gasteiger partial charge in [-0.25, -0.2) is 0 Å². The molecule has 0 aliphatic heterocycles. The van der Waals surface area contributed by atoms with Gasteiger partial charge in [0.2, 0.25) is 0 Å². The van der Waals surface area contributed by atoms with E-state index in [9.17, 15) is 19.8 Å².